The fourth-order valence-electron chi connectivity index (χ4n) is 1.27. The van der Waals surface area contributed by atoms with Gasteiger partial charge in [-0.2, -0.15) is 0 Å². The van der Waals surface area contributed by atoms with Crippen molar-refractivity contribution in [1.82, 2.24) is 0 Å². The van der Waals surface area contributed by atoms with Crippen LogP contribution in [0.5, 0.6) is 0 Å². The molecule has 0 heterocycles. The third-order valence-electron chi connectivity index (χ3n) is 2.09. The van der Waals surface area contributed by atoms with E-state index in [1.54, 1.807) is 0 Å². The lowest BCUT2D eigenvalue weighted by Crippen LogP contribution is -2.06. The second-order valence-electron chi connectivity index (χ2n) is 4.84. The predicted molar refractivity (Wildman–Crippen MR) is 54.1 cm³/mol. The molecule has 0 aliphatic carbocycles. The molecular formula is C12H16F2. The number of hydrogen-bond donors (Lipinski definition) is 0. The highest BCUT2D eigenvalue weighted by atomic mass is 19.1. The summed E-state index contributed by atoms with van der Waals surface area (Å²) in [7, 11) is 0. The number of benzene rings is 1. The van der Waals surface area contributed by atoms with E-state index in [1.807, 2.05) is 0 Å². The van der Waals surface area contributed by atoms with E-state index in [4.69, 9.17) is 0 Å². The topological polar surface area (TPSA) is 0 Å². The van der Waals surface area contributed by atoms with E-state index in [-0.39, 0.29) is 5.41 Å². The Hall–Kier alpha value is -0.920. The summed E-state index contributed by atoms with van der Waals surface area (Å²) in [5, 5.41) is 0. The van der Waals surface area contributed by atoms with E-state index < -0.39 is 11.6 Å². The van der Waals surface area contributed by atoms with Crippen LogP contribution >= 0.6 is 0 Å². The van der Waals surface area contributed by atoms with Gasteiger partial charge in [0.15, 0.2) is 0 Å². The minimum absolute atomic E-state index is 0.197. The second-order valence-corrected chi connectivity index (χ2v) is 4.84. The Morgan fingerprint density at radius 3 is 1.93 bits per heavy atom. The van der Waals surface area contributed by atoms with Crippen LogP contribution < -0.4 is 0 Å². The van der Waals surface area contributed by atoms with Crippen molar-refractivity contribution in [2.24, 2.45) is 5.41 Å². The molecule has 0 radical (unpaired) electrons. The minimum atomic E-state index is -0.492. The van der Waals surface area contributed by atoms with Crippen molar-refractivity contribution in [3.8, 4) is 0 Å². The molecule has 0 nitrogen and oxygen atoms in total. The van der Waals surface area contributed by atoms with Crippen LogP contribution in [0.15, 0.2) is 18.2 Å². The maximum absolute atomic E-state index is 12.8. The van der Waals surface area contributed by atoms with Gasteiger partial charge in [-0.15, -0.1) is 0 Å². The molecule has 1 aromatic rings. The van der Waals surface area contributed by atoms with Crippen molar-refractivity contribution in [2.75, 3.05) is 0 Å². The first kappa shape index (κ1) is 11.2. The van der Waals surface area contributed by atoms with Gasteiger partial charge in [-0.05, 0) is 36.0 Å². The highest BCUT2D eigenvalue weighted by Crippen LogP contribution is 2.22. The van der Waals surface area contributed by atoms with Gasteiger partial charge in [0.2, 0.25) is 0 Å². The van der Waals surface area contributed by atoms with E-state index in [0.717, 1.165) is 24.5 Å². The highest BCUT2D eigenvalue weighted by molar-refractivity contribution is 5.18. The van der Waals surface area contributed by atoms with Crippen molar-refractivity contribution in [2.45, 2.75) is 33.6 Å². The summed E-state index contributed by atoms with van der Waals surface area (Å²) >= 11 is 0. The minimum Gasteiger partial charge on any atom is -0.207 e. The maximum Gasteiger partial charge on any atom is 0.126 e. The van der Waals surface area contributed by atoms with Crippen molar-refractivity contribution in [3.05, 3.63) is 35.4 Å². The molecule has 0 aliphatic rings. The van der Waals surface area contributed by atoms with Crippen LogP contribution in [0.4, 0.5) is 8.78 Å². The van der Waals surface area contributed by atoms with Crippen molar-refractivity contribution in [1.29, 1.82) is 0 Å². The normalized spacial score (nSPS) is 11.8. The Labute approximate surface area is 84.0 Å². The van der Waals surface area contributed by atoms with Gasteiger partial charge in [0.1, 0.15) is 11.6 Å². The molecule has 0 saturated carbocycles. The first-order valence-electron chi connectivity index (χ1n) is 4.82. The molecule has 2 heteroatoms. The molecule has 0 aromatic heterocycles. The average molecular weight is 198 g/mol. The lowest BCUT2D eigenvalue weighted by Gasteiger charge is -2.17. The molecule has 0 unspecified atom stereocenters. The zero-order valence-corrected chi connectivity index (χ0v) is 8.90. The summed E-state index contributed by atoms with van der Waals surface area (Å²) in [5.74, 6) is -0.984. The van der Waals surface area contributed by atoms with Gasteiger partial charge in [-0.25, -0.2) is 8.78 Å². The molecule has 0 saturated heterocycles. The molecule has 0 bridgehead atoms. The zero-order valence-electron chi connectivity index (χ0n) is 8.90. The Balaban J connectivity index is 2.68. The quantitative estimate of drug-likeness (QED) is 0.675. The Kier molecular flexibility index (Phi) is 3.25. The summed E-state index contributed by atoms with van der Waals surface area (Å²) in [6.07, 6.45) is 1.65. The van der Waals surface area contributed by atoms with Gasteiger partial charge < -0.3 is 0 Å². The standard InChI is InChI=1S/C12H16F2/c1-12(2,3)5-4-9-6-10(13)8-11(14)7-9/h6-8H,4-5H2,1-3H3. The van der Waals surface area contributed by atoms with Crippen LogP contribution in [0.1, 0.15) is 32.8 Å². The molecule has 0 fully saturated rings. The molecule has 14 heavy (non-hydrogen) atoms. The highest BCUT2D eigenvalue weighted by Gasteiger charge is 2.10. The van der Waals surface area contributed by atoms with Gasteiger partial charge in [-0.3, -0.25) is 0 Å². The van der Waals surface area contributed by atoms with E-state index in [9.17, 15) is 8.78 Å². The smallest absolute Gasteiger partial charge is 0.126 e. The summed E-state index contributed by atoms with van der Waals surface area (Å²) in [6, 6.07) is 3.70. The summed E-state index contributed by atoms with van der Waals surface area (Å²) in [6.45, 7) is 6.34. The molecule has 1 rings (SSSR count). The summed E-state index contributed by atoms with van der Waals surface area (Å²) < 4.78 is 25.6. The fourth-order valence-corrected chi connectivity index (χ4v) is 1.27. The van der Waals surface area contributed by atoms with Crippen molar-refractivity contribution >= 4 is 0 Å². The van der Waals surface area contributed by atoms with Gasteiger partial charge in [-0.1, -0.05) is 20.8 Å². The zero-order chi connectivity index (χ0) is 10.8. The van der Waals surface area contributed by atoms with E-state index in [0.29, 0.717) is 0 Å². The molecule has 0 spiro atoms. The molecule has 0 amide bonds. The van der Waals surface area contributed by atoms with Gasteiger partial charge in [0.05, 0.1) is 0 Å². The molecule has 0 aliphatic heterocycles. The van der Waals surface area contributed by atoms with Gasteiger partial charge in [0, 0.05) is 6.07 Å². The monoisotopic (exact) mass is 198 g/mol. The van der Waals surface area contributed by atoms with Crippen LogP contribution in [0.25, 0.3) is 0 Å². The Morgan fingerprint density at radius 2 is 1.50 bits per heavy atom. The first-order valence-corrected chi connectivity index (χ1v) is 4.82. The lowest BCUT2D eigenvalue weighted by molar-refractivity contribution is 0.377. The molecule has 0 N–H and O–H groups in total. The fraction of sp³-hybridized carbons (Fsp3) is 0.500. The van der Waals surface area contributed by atoms with Gasteiger partial charge >= 0.3 is 0 Å². The van der Waals surface area contributed by atoms with E-state index in [2.05, 4.69) is 20.8 Å². The SMILES string of the molecule is CC(C)(C)CCc1cc(F)cc(F)c1. The van der Waals surface area contributed by atoms with Crippen LogP contribution in [0.3, 0.4) is 0 Å². The average Bonchev–Trinajstić information content (AvgIpc) is 1.97. The summed E-state index contributed by atoms with van der Waals surface area (Å²) in [4.78, 5) is 0. The third-order valence-corrected chi connectivity index (χ3v) is 2.09. The molecule has 1 aromatic carbocycles. The number of halogens is 2. The maximum atomic E-state index is 12.8. The third kappa shape index (κ3) is 3.86. The van der Waals surface area contributed by atoms with Crippen LogP contribution in [0, 0.1) is 17.0 Å². The van der Waals surface area contributed by atoms with E-state index >= 15 is 0 Å². The largest absolute Gasteiger partial charge is 0.207 e. The van der Waals surface area contributed by atoms with E-state index in [1.165, 1.54) is 12.1 Å². The van der Waals surface area contributed by atoms with Crippen molar-refractivity contribution < 1.29 is 8.78 Å². The molecule has 78 valence electrons. The van der Waals surface area contributed by atoms with Crippen LogP contribution in [-0.2, 0) is 6.42 Å². The number of rotatable bonds is 2. The first-order chi connectivity index (χ1) is 6.37. The Morgan fingerprint density at radius 1 is 1.00 bits per heavy atom. The second kappa shape index (κ2) is 4.07. The van der Waals surface area contributed by atoms with Crippen LogP contribution in [-0.4, -0.2) is 0 Å². The van der Waals surface area contributed by atoms with Gasteiger partial charge in [0.25, 0.3) is 0 Å². The summed E-state index contributed by atoms with van der Waals surface area (Å²) in [5.41, 5.74) is 0.931. The molecule has 0 atom stereocenters. The number of aryl methyl sites for hydroxylation is 1. The molecular weight excluding hydrogens is 182 g/mol. The van der Waals surface area contributed by atoms with Crippen LogP contribution in [0.2, 0.25) is 0 Å². The Bertz CT molecular complexity index is 290. The lowest BCUT2D eigenvalue weighted by atomic mass is 9.89. The predicted octanol–water partition coefficient (Wildman–Crippen LogP) is 3.94. The number of hydrogen-bond acceptors (Lipinski definition) is 0. The van der Waals surface area contributed by atoms with Crippen molar-refractivity contribution in [3.63, 3.8) is 0 Å².